The quantitative estimate of drug-likeness (QED) is 0.446. The normalized spacial score (nSPS) is 10.8. The second kappa shape index (κ2) is 4.94. The highest BCUT2D eigenvalue weighted by Crippen LogP contribution is 2.27. The summed E-state index contributed by atoms with van der Waals surface area (Å²) in [5, 5.41) is 22.8. The highest BCUT2D eigenvalue weighted by molar-refractivity contribution is 5.65. The molecular formula is C16H15N3O2. The van der Waals surface area contributed by atoms with Crippen molar-refractivity contribution < 1.29 is 9.94 Å². The van der Waals surface area contributed by atoms with Crippen molar-refractivity contribution in [2.75, 3.05) is 0 Å². The molecule has 1 aromatic carbocycles. The van der Waals surface area contributed by atoms with E-state index >= 15 is 0 Å². The van der Waals surface area contributed by atoms with Gasteiger partial charge in [0.15, 0.2) is 5.69 Å². The summed E-state index contributed by atoms with van der Waals surface area (Å²) >= 11 is 0. The predicted molar refractivity (Wildman–Crippen MR) is 78.7 cm³/mol. The van der Waals surface area contributed by atoms with Gasteiger partial charge in [-0.3, -0.25) is 4.98 Å². The summed E-state index contributed by atoms with van der Waals surface area (Å²) in [5.41, 5.74) is 3.41. The van der Waals surface area contributed by atoms with Crippen molar-refractivity contribution in [2.45, 2.75) is 13.8 Å². The molecule has 5 nitrogen and oxygen atoms in total. The molecule has 0 aliphatic rings. The lowest BCUT2D eigenvalue weighted by atomic mass is 10.1. The minimum absolute atomic E-state index is 0.163. The Morgan fingerprint density at radius 3 is 2.43 bits per heavy atom. The van der Waals surface area contributed by atoms with Gasteiger partial charge in [0.25, 0.3) is 0 Å². The van der Waals surface area contributed by atoms with Crippen LogP contribution in [-0.4, -0.2) is 14.9 Å². The third kappa shape index (κ3) is 2.12. The molecule has 21 heavy (non-hydrogen) atoms. The molecule has 2 heterocycles. The van der Waals surface area contributed by atoms with Crippen molar-refractivity contribution in [3.05, 3.63) is 65.3 Å². The highest BCUT2D eigenvalue weighted by atomic mass is 16.5. The number of pyridine rings is 1. The van der Waals surface area contributed by atoms with Gasteiger partial charge >= 0.3 is 5.82 Å². The van der Waals surface area contributed by atoms with Crippen LogP contribution in [0.1, 0.15) is 11.3 Å². The molecule has 0 unspecified atom stereocenters. The van der Waals surface area contributed by atoms with Gasteiger partial charge < -0.3 is 10.4 Å². The molecule has 1 N–H and O–H groups in total. The summed E-state index contributed by atoms with van der Waals surface area (Å²) in [6.07, 6.45) is 3.17. The first-order valence-corrected chi connectivity index (χ1v) is 6.61. The van der Waals surface area contributed by atoms with Gasteiger partial charge in [-0.2, -0.15) is 0 Å². The van der Waals surface area contributed by atoms with Crippen LogP contribution in [-0.2, 0) is 0 Å². The number of hydrogen-bond acceptors (Lipinski definition) is 3. The van der Waals surface area contributed by atoms with Crippen molar-refractivity contribution in [1.29, 1.82) is 0 Å². The van der Waals surface area contributed by atoms with E-state index < -0.39 is 0 Å². The fraction of sp³-hybridized carbons (Fsp3) is 0.125. The van der Waals surface area contributed by atoms with E-state index in [0.717, 1.165) is 20.6 Å². The Morgan fingerprint density at radius 1 is 1.10 bits per heavy atom. The fourth-order valence-electron chi connectivity index (χ4n) is 2.38. The standard InChI is InChI=1S/C16H15N3O2/c1-11-5-7-13(8-6-11)15-12(2)18(20)16(19(15)21)14-4-3-9-17-10-14/h3-10,21H,1-2H3. The third-order valence-electron chi connectivity index (χ3n) is 3.50. The average molecular weight is 281 g/mol. The summed E-state index contributed by atoms with van der Waals surface area (Å²) < 4.78 is 1.66. The molecule has 2 aromatic heterocycles. The first-order chi connectivity index (χ1) is 10.1. The van der Waals surface area contributed by atoms with Crippen LogP contribution in [0, 0.1) is 19.1 Å². The number of aromatic nitrogens is 3. The lowest BCUT2D eigenvalue weighted by Crippen LogP contribution is -2.30. The van der Waals surface area contributed by atoms with Crippen LogP contribution in [0.4, 0.5) is 0 Å². The van der Waals surface area contributed by atoms with Gasteiger partial charge in [0.05, 0.1) is 5.56 Å². The van der Waals surface area contributed by atoms with Crippen LogP contribution in [0.5, 0.6) is 0 Å². The topological polar surface area (TPSA) is 65.0 Å². The number of hydrogen-bond donors (Lipinski definition) is 1. The molecule has 0 bridgehead atoms. The molecule has 0 radical (unpaired) electrons. The molecular weight excluding hydrogens is 266 g/mol. The second-order valence-corrected chi connectivity index (χ2v) is 4.97. The van der Waals surface area contributed by atoms with Gasteiger partial charge in [0.1, 0.15) is 0 Å². The summed E-state index contributed by atoms with van der Waals surface area (Å²) in [5.74, 6) is 0.163. The maximum absolute atomic E-state index is 12.4. The Balaban J connectivity index is 2.22. The van der Waals surface area contributed by atoms with Crippen molar-refractivity contribution in [2.24, 2.45) is 0 Å². The highest BCUT2D eigenvalue weighted by Gasteiger charge is 2.27. The van der Waals surface area contributed by atoms with E-state index in [1.54, 1.807) is 31.5 Å². The SMILES string of the molecule is Cc1ccc(-c2c(C)[n+]([O-])c(-c3cccnc3)n2O)cc1. The van der Waals surface area contributed by atoms with E-state index in [1.807, 2.05) is 31.2 Å². The summed E-state index contributed by atoms with van der Waals surface area (Å²) in [6, 6.07) is 11.1. The van der Waals surface area contributed by atoms with Gasteiger partial charge in [0, 0.05) is 24.9 Å². The Kier molecular flexibility index (Phi) is 3.10. The van der Waals surface area contributed by atoms with Gasteiger partial charge in [-0.15, -0.1) is 0 Å². The van der Waals surface area contributed by atoms with Crippen LogP contribution in [0.3, 0.4) is 0 Å². The first kappa shape index (κ1) is 13.2. The van der Waals surface area contributed by atoms with E-state index in [0.29, 0.717) is 17.0 Å². The van der Waals surface area contributed by atoms with E-state index in [4.69, 9.17) is 0 Å². The minimum atomic E-state index is 0.163. The Morgan fingerprint density at radius 2 is 1.81 bits per heavy atom. The van der Waals surface area contributed by atoms with Gasteiger partial charge in [0.2, 0.25) is 5.69 Å². The molecule has 0 saturated carbocycles. The van der Waals surface area contributed by atoms with Crippen LogP contribution in [0.25, 0.3) is 22.6 Å². The molecule has 106 valence electrons. The minimum Gasteiger partial charge on any atom is -0.710 e. The lowest BCUT2D eigenvalue weighted by molar-refractivity contribution is -0.600. The number of rotatable bonds is 2. The summed E-state index contributed by atoms with van der Waals surface area (Å²) in [6.45, 7) is 3.68. The smallest absolute Gasteiger partial charge is 0.333 e. The van der Waals surface area contributed by atoms with Crippen LogP contribution in [0.15, 0.2) is 48.8 Å². The molecule has 0 saturated heterocycles. The molecule has 0 fully saturated rings. The zero-order chi connectivity index (χ0) is 15.0. The van der Waals surface area contributed by atoms with Gasteiger partial charge in [-0.05, 0) is 23.8 Å². The Labute approximate surface area is 122 Å². The molecule has 0 aliphatic heterocycles. The summed E-state index contributed by atoms with van der Waals surface area (Å²) in [7, 11) is 0. The number of aryl methyl sites for hydroxylation is 1. The molecule has 0 amide bonds. The maximum atomic E-state index is 12.4. The number of nitrogens with zero attached hydrogens (tertiary/aromatic N) is 3. The van der Waals surface area contributed by atoms with Crippen LogP contribution >= 0.6 is 0 Å². The third-order valence-corrected chi connectivity index (χ3v) is 3.50. The molecule has 0 atom stereocenters. The van der Waals surface area contributed by atoms with Gasteiger partial charge in [-0.1, -0.05) is 29.8 Å². The average Bonchev–Trinajstić information content (AvgIpc) is 2.72. The zero-order valence-corrected chi connectivity index (χ0v) is 11.8. The molecule has 3 rings (SSSR count). The van der Waals surface area contributed by atoms with E-state index in [-0.39, 0.29) is 5.82 Å². The predicted octanol–water partition coefficient (Wildman–Crippen LogP) is 2.70. The number of imidazole rings is 1. The zero-order valence-electron chi connectivity index (χ0n) is 11.8. The van der Waals surface area contributed by atoms with Crippen molar-refractivity contribution >= 4 is 0 Å². The monoisotopic (exact) mass is 281 g/mol. The second-order valence-electron chi connectivity index (χ2n) is 4.97. The van der Waals surface area contributed by atoms with Crippen molar-refractivity contribution in [1.82, 2.24) is 9.71 Å². The van der Waals surface area contributed by atoms with E-state index in [1.165, 1.54) is 0 Å². The first-order valence-electron chi connectivity index (χ1n) is 6.61. The van der Waals surface area contributed by atoms with Crippen molar-refractivity contribution in [3.8, 4) is 22.6 Å². The molecule has 0 spiro atoms. The Bertz CT molecular complexity index is 778. The van der Waals surface area contributed by atoms with E-state index in [2.05, 4.69) is 4.98 Å². The van der Waals surface area contributed by atoms with E-state index in [9.17, 15) is 10.4 Å². The molecule has 5 heteroatoms. The summed E-state index contributed by atoms with van der Waals surface area (Å²) in [4.78, 5) is 3.99. The maximum Gasteiger partial charge on any atom is 0.333 e. The lowest BCUT2D eigenvalue weighted by Gasteiger charge is -2.02. The Hall–Kier alpha value is -2.82. The largest absolute Gasteiger partial charge is 0.710 e. The van der Waals surface area contributed by atoms with Crippen LogP contribution in [0.2, 0.25) is 0 Å². The molecule has 0 aliphatic carbocycles. The van der Waals surface area contributed by atoms with Crippen molar-refractivity contribution in [3.63, 3.8) is 0 Å². The fourth-order valence-corrected chi connectivity index (χ4v) is 2.38. The van der Waals surface area contributed by atoms with Gasteiger partial charge in [-0.25, -0.2) is 4.73 Å². The molecule has 3 aromatic rings. The van der Waals surface area contributed by atoms with Crippen LogP contribution < -0.4 is 4.73 Å². The number of benzene rings is 1.